The molecule has 1 saturated heterocycles. The highest BCUT2D eigenvalue weighted by atomic mass is 35.5. The van der Waals surface area contributed by atoms with Crippen LogP contribution in [0.5, 0.6) is 0 Å². The van der Waals surface area contributed by atoms with Crippen molar-refractivity contribution in [1.29, 1.82) is 0 Å². The van der Waals surface area contributed by atoms with Crippen LogP contribution in [0, 0.1) is 17.8 Å². The number of aliphatic hydroxyl groups excluding tert-OH is 1. The largest absolute Gasteiger partial charge is 0.458 e. The number of hydrogen-bond donors (Lipinski definition) is 2. The molecule has 2 N–H and O–H groups in total. The smallest absolute Gasteiger partial charge is 0.336 e. The van der Waals surface area contributed by atoms with Gasteiger partial charge in [-0.15, -0.1) is 11.6 Å². The van der Waals surface area contributed by atoms with Crippen LogP contribution in [-0.4, -0.2) is 58.2 Å². The molecule has 7 nitrogen and oxygen atoms in total. The molecule has 27 heavy (non-hydrogen) atoms. The average molecular weight is 397 g/mol. The Bertz CT molecular complexity index is 757. The van der Waals surface area contributed by atoms with E-state index < -0.39 is 59.9 Å². The van der Waals surface area contributed by atoms with Crippen LogP contribution in [0.3, 0.4) is 0 Å². The van der Waals surface area contributed by atoms with E-state index in [-0.39, 0.29) is 29.9 Å². The number of rotatable bonds is 4. The van der Waals surface area contributed by atoms with Crippen molar-refractivity contribution in [2.45, 2.75) is 30.7 Å². The molecule has 1 heterocycles. The summed E-state index contributed by atoms with van der Waals surface area (Å²) in [4.78, 5) is 36.7. The molecule has 0 spiro atoms. The summed E-state index contributed by atoms with van der Waals surface area (Å²) in [6.07, 6.45) is -1.60. The van der Waals surface area contributed by atoms with Crippen LogP contribution in [0.25, 0.3) is 0 Å². The van der Waals surface area contributed by atoms with Gasteiger partial charge >= 0.3 is 11.9 Å². The summed E-state index contributed by atoms with van der Waals surface area (Å²) < 4.78 is 10.9. The van der Waals surface area contributed by atoms with E-state index in [2.05, 4.69) is 19.7 Å². The zero-order valence-corrected chi connectivity index (χ0v) is 15.4. The van der Waals surface area contributed by atoms with E-state index >= 15 is 0 Å². The Balaban J connectivity index is 2.03. The molecule has 6 atom stereocenters. The lowest BCUT2D eigenvalue weighted by molar-refractivity contribution is -0.155. The summed E-state index contributed by atoms with van der Waals surface area (Å²) in [7, 11) is 0. The van der Waals surface area contributed by atoms with Crippen molar-refractivity contribution in [1.82, 2.24) is 0 Å². The highest BCUT2D eigenvalue weighted by Gasteiger charge is 2.64. The first kappa shape index (κ1) is 19.8. The number of Topliss-reactive ketones (excluding diaryl/α,β-unsaturated/α-hetero) is 1. The molecule has 0 radical (unpaired) electrons. The lowest BCUT2D eigenvalue weighted by Crippen LogP contribution is -2.50. The highest BCUT2D eigenvalue weighted by molar-refractivity contribution is 6.21. The van der Waals surface area contributed by atoms with Crippen LogP contribution in [0.1, 0.15) is 12.8 Å². The summed E-state index contributed by atoms with van der Waals surface area (Å²) in [6.45, 7) is 10.6. The van der Waals surface area contributed by atoms with Gasteiger partial charge in [0.25, 0.3) is 0 Å². The molecule has 8 heteroatoms. The topological polar surface area (TPSA) is 110 Å². The van der Waals surface area contributed by atoms with E-state index in [0.717, 1.165) is 0 Å². The van der Waals surface area contributed by atoms with Gasteiger partial charge in [0.1, 0.15) is 17.8 Å². The van der Waals surface area contributed by atoms with E-state index in [0.29, 0.717) is 5.57 Å². The Morgan fingerprint density at radius 2 is 2.00 bits per heavy atom. The molecule has 2 aliphatic carbocycles. The maximum Gasteiger partial charge on any atom is 0.336 e. The molecular formula is C19H21ClO7. The van der Waals surface area contributed by atoms with Crippen molar-refractivity contribution in [2.24, 2.45) is 17.8 Å². The van der Waals surface area contributed by atoms with Gasteiger partial charge in [0.15, 0.2) is 5.78 Å². The minimum atomic E-state index is -1.86. The second kappa shape index (κ2) is 6.89. The minimum absolute atomic E-state index is 0.0178. The van der Waals surface area contributed by atoms with Crippen molar-refractivity contribution in [3.63, 3.8) is 0 Å². The highest BCUT2D eigenvalue weighted by Crippen LogP contribution is 2.53. The van der Waals surface area contributed by atoms with Crippen LogP contribution in [0.15, 0.2) is 36.5 Å². The number of ketones is 1. The van der Waals surface area contributed by atoms with Gasteiger partial charge < -0.3 is 19.7 Å². The number of esters is 2. The fourth-order valence-electron chi connectivity index (χ4n) is 4.36. The van der Waals surface area contributed by atoms with Gasteiger partial charge in [0, 0.05) is 24.3 Å². The molecule has 146 valence electrons. The monoisotopic (exact) mass is 396 g/mol. The first-order valence-electron chi connectivity index (χ1n) is 8.54. The van der Waals surface area contributed by atoms with E-state index in [1.54, 1.807) is 0 Å². The van der Waals surface area contributed by atoms with Gasteiger partial charge in [-0.1, -0.05) is 25.3 Å². The summed E-state index contributed by atoms with van der Waals surface area (Å²) >= 11 is 5.92. The quantitative estimate of drug-likeness (QED) is 0.311. The van der Waals surface area contributed by atoms with Crippen LogP contribution >= 0.6 is 11.6 Å². The van der Waals surface area contributed by atoms with E-state index in [1.807, 2.05) is 0 Å². The SMILES string of the molecule is C=C(CO)C(=O)OC1CC(=C)C2CC(=O)C(O)(CCl)C2C2OC(=O)C(=C)C12. The Kier molecular flexibility index (Phi) is 5.05. The number of fused-ring (bicyclic) bond motifs is 3. The Hall–Kier alpha value is -1.96. The summed E-state index contributed by atoms with van der Waals surface area (Å²) in [6, 6.07) is 0. The minimum Gasteiger partial charge on any atom is -0.458 e. The number of aliphatic hydroxyl groups is 2. The molecule has 3 fully saturated rings. The van der Waals surface area contributed by atoms with Crippen molar-refractivity contribution in [3.05, 3.63) is 36.5 Å². The third-order valence-electron chi connectivity index (χ3n) is 5.82. The van der Waals surface area contributed by atoms with Gasteiger partial charge in [-0.3, -0.25) is 4.79 Å². The Morgan fingerprint density at radius 1 is 1.33 bits per heavy atom. The Labute approximate surface area is 161 Å². The third-order valence-corrected chi connectivity index (χ3v) is 6.23. The molecule has 2 saturated carbocycles. The second-order valence-corrected chi connectivity index (χ2v) is 7.57. The van der Waals surface area contributed by atoms with Crippen molar-refractivity contribution >= 4 is 29.3 Å². The molecule has 6 unspecified atom stereocenters. The van der Waals surface area contributed by atoms with Crippen LogP contribution in [0.2, 0.25) is 0 Å². The van der Waals surface area contributed by atoms with Gasteiger partial charge in [-0.25, -0.2) is 9.59 Å². The fraction of sp³-hybridized carbons (Fsp3) is 0.526. The van der Waals surface area contributed by atoms with Crippen LogP contribution in [-0.2, 0) is 23.9 Å². The molecule has 1 aliphatic heterocycles. The Morgan fingerprint density at radius 3 is 2.59 bits per heavy atom. The summed E-state index contributed by atoms with van der Waals surface area (Å²) in [5.74, 6) is -4.28. The van der Waals surface area contributed by atoms with Gasteiger partial charge in [0.05, 0.1) is 24.0 Å². The normalized spacial score (nSPS) is 38.1. The second-order valence-electron chi connectivity index (χ2n) is 7.31. The number of ether oxygens (including phenoxy) is 2. The van der Waals surface area contributed by atoms with Crippen molar-refractivity contribution < 1.29 is 34.1 Å². The third kappa shape index (κ3) is 2.94. The zero-order chi connectivity index (χ0) is 20.1. The molecular weight excluding hydrogens is 376 g/mol. The van der Waals surface area contributed by atoms with Crippen LogP contribution < -0.4 is 0 Å². The van der Waals surface area contributed by atoms with Gasteiger partial charge in [-0.2, -0.15) is 0 Å². The molecule has 0 bridgehead atoms. The number of carbonyl (C=O) groups excluding carboxylic acids is 3. The first-order chi connectivity index (χ1) is 12.7. The van der Waals surface area contributed by atoms with Crippen LogP contribution in [0.4, 0.5) is 0 Å². The number of halogens is 1. The number of alkyl halides is 1. The number of carbonyl (C=O) groups is 3. The van der Waals surface area contributed by atoms with E-state index in [4.69, 9.17) is 26.2 Å². The van der Waals surface area contributed by atoms with Crippen molar-refractivity contribution in [3.8, 4) is 0 Å². The lowest BCUT2D eigenvalue weighted by atomic mass is 9.77. The first-order valence-corrected chi connectivity index (χ1v) is 9.07. The predicted molar refractivity (Wildman–Crippen MR) is 94.6 cm³/mol. The molecule has 3 aliphatic rings. The maximum atomic E-state index is 12.4. The molecule has 0 aromatic carbocycles. The fourth-order valence-corrected chi connectivity index (χ4v) is 4.69. The average Bonchev–Trinajstić information content (AvgIpc) is 3.03. The summed E-state index contributed by atoms with van der Waals surface area (Å²) in [5.41, 5.74) is -1.31. The lowest BCUT2D eigenvalue weighted by Gasteiger charge is -2.34. The maximum absolute atomic E-state index is 12.4. The predicted octanol–water partition coefficient (Wildman–Crippen LogP) is 0.679. The van der Waals surface area contributed by atoms with E-state index in [1.165, 1.54) is 0 Å². The number of hydrogen-bond acceptors (Lipinski definition) is 7. The zero-order valence-electron chi connectivity index (χ0n) is 14.7. The molecule has 3 rings (SSSR count). The molecule has 0 aromatic rings. The molecule has 0 aromatic heterocycles. The van der Waals surface area contributed by atoms with E-state index in [9.17, 15) is 19.5 Å². The standard InChI is InChI=1S/C19H21ClO7/c1-8-4-12(26-17(23)9(2)6-21)14-10(3)18(24)27-16(14)15-11(8)5-13(22)19(15,25)7-20/h11-12,14-16,21,25H,1-7H2. The van der Waals surface area contributed by atoms with Crippen molar-refractivity contribution in [2.75, 3.05) is 12.5 Å². The summed E-state index contributed by atoms with van der Waals surface area (Å²) in [5, 5.41) is 20.0. The molecule has 0 amide bonds. The van der Waals surface area contributed by atoms with Gasteiger partial charge in [0.2, 0.25) is 0 Å². The van der Waals surface area contributed by atoms with Gasteiger partial charge in [-0.05, 0) is 5.92 Å².